The molecule has 126 valence electrons. The molecule has 1 fully saturated rings. The molecular formula is C17H22Cl2N2O2. The van der Waals surface area contributed by atoms with E-state index in [1.807, 2.05) is 0 Å². The number of rotatable bonds is 4. The minimum absolute atomic E-state index is 0.287. The number of carbonyl (C=O) groups excluding carboxylic acids is 1. The Morgan fingerprint density at radius 1 is 1.17 bits per heavy atom. The fourth-order valence-corrected chi connectivity index (χ4v) is 2.92. The zero-order valence-corrected chi connectivity index (χ0v) is 14.8. The number of halogens is 2. The number of hydrogen-bond acceptors (Lipinski definition) is 3. The van der Waals surface area contributed by atoms with Crippen molar-refractivity contribution >= 4 is 34.8 Å². The Hall–Kier alpha value is -1.26. The average Bonchev–Trinajstić information content (AvgIpc) is 2.48. The number of amides is 1. The lowest BCUT2D eigenvalue weighted by atomic mass is 9.99. The molecule has 1 N–H and O–H groups in total. The van der Waals surface area contributed by atoms with Crippen molar-refractivity contribution in [2.75, 3.05) is 0 Å². The van der Waals surface area contributed by atoms with Gasteiger partial charge in [0.05, 0.1) is 5.02 Å². The Morgan fingerprint density at radius 3 is 2.48 bits per heavy atom. The van der Waals surface area contributed by atoms with Crippen molar-refractivity contribution in [1.82, 2.24) is 5.43 Å². The van der Waals surface area contributed by atoms with Gasteiger partial charge in [0, 0.05) is 10.7 Å². The molecule has 2 rings (SSSR count). The highest BCUT2D eigenvalue weighted by molar-refractivity contribution is 6.35. The molecule has 0 heterocycles. The number of ether oxygens (including phenoxy) is 1. The molecule has 0 aromatic heterocycles. The Balaban J connectivity index is 1.88. The van der Waals surface area contributed by atoms with E-state index in [2.05, 4.69) is 10.5 Å². The van der Waals surface area contributed by atoms with Crippen molar-refractivity contribution in [2.24, 2.45) is 5.10 Å². The van der Waals surface area contributed by atoms with Crippen LogP contribution < -0.4 is 10.2 Å². The maximum Gasteiger partial charge on any atom is 0.280 e. The van der Waals surface area contributed by atoms with Crippen LogP contribution in [0, 0.1) is 0 Å². The molecule has 0 radical (unpaired) electrons. The zero-order chi connectivity index (χ0) is 16.7. The van der Waals surface area contributed by atoms with E-state index in [0.717, 1.165) is 31.4 Å². The molecule has 0 unspecified atom stereocenters. The van der Waals surface area contributed by atoms with E-state index in [0.29, 0.717) is 15.8 Å². The van der Waals surface area contributed by atoms with Crippen LogP contribution in [0.1, 0.15) is 51.9 Å². The van der Waals surface area contributed by atoms with Gasteiger partial charge in [-0.25, -0.2) is 5.43 Å². The second-order valence-electron chi connectivity index (χ2n) is 5.76. The predicted octanol–water partition coefficient (Wildman–Crippen LogP) is 4.98. The van der Waals surface area contributed by atoms with E-state index < -0.39 is 6.10 Å². The maximum absolute atomic E-state index is 12.1. The first-order valence-corrected chi connectivity index (χ1v) is 8.79. The number of carbonyl (C=O) groups is 1. The van der Waals surface area contributed by atoms with Crippen LogP contribution in [0.15, 0.2) is 23.3 Å². The van der Waals surface area contributed by atoms with E-state index in [-0.39, 0.29) is 5.91 Å². The molecule has 0 spiro atoms. The third-order valence-corrected chi connectivity index (χ3v) is 4.35. The lowest BCUT2D eigenvalue weighted by Gasteiger charge is -2.15. The lowest BCUT2D eigenvalue weighted by molar-refractivity contribution is -0.127. The molecule has 0 saturated heterocycles. The molecule has 1 aliphatic carbocycles. The quantitative estimate of drug-likeness (QED) is 0.773. The summed E-state index contributed by atoms with van der Waals surface area (Å²) in [7, 11) is 0. The average molecular weight is 357 g/mol. The maximum atomic E-state index is 12.1. The standard InChI is InChI=1S/C17H22Cl2N2O2/c1-12(23-16-10-9-13(18)11-15(16)19)17(22)21-20-14-7-5-3-2-4-6-8-14/h9-12H,2-8H2,1H3,(H,21,22)/t12-/m1/s1. The lowest BCUT2D eigenvalue weighted by Crippen LogP contribution is -2.34. The van der Waals surface area contributed by atoms with Gasteiger partial charge in [-0.2, -0.15) is 5.10 Å². The first-order chi connectivity index (χ1) is 11.1. The van der Waals surface area contributed by atoms with Crippen molar-refractivity contribution in [1.29, 1.82) is 0 Å². The topological polar surface area (TPSA) is 50.7 Å². The summed E-state index contributed by atoms with van der Waals surface area (Å²) in [6.07, 6.45) is 7.28. The smallest absolute Gasteiger partial charge is 0.280 e. The monoisotopic (exact) mass is 356 g/mol. The van der Waals surface area contributed by atoms with Crippen LogP contribution in [0.3, 0.4) is 0 Å². The fraction of sp³-hybridized carbons (Fsp3) is 0.529. The Morgan fingerprint density at radius 2 is 1.83 bits per heavy atom. The SMILES string of the molecule is C[C@@H](Oc1ccc(Cl)cc1Cl)C(=O)NN=C1CCCCCCC1. The summed E-state index contributed by atoms with van der Waals surface area (Å²) in [6, 6.07) is 4.90. The van der Waals surface area contributed by atoms with Crippen molar-refractivity contribution in [2.45, 2.75) is 58.0 Å². The molecule has 6 heteroatoms. The van der Waals surface area contributed by atoms with Gasteiger partial charge >= 0.3 is 0 Å². The second-order valence-corrected chi connectivity index (χ2v) is 6.60. The van der Waals surface area contributed by atoms with Crippen molar-refractivity contribution in [3.8, 4) is 5.75 Å². The Bertz CT molecular complexity index is 566. The van der Waals surface area contributed by atoms with Crippen LogP contribution in [0.2, 0.25) is 10.0 Å². The molecule has 0 bridgehead atoms. The number of nitrogens with one attached hydrogen (secondary N) is 1. The van der Waals surface area contributed by atoms with Gasteiger partial charge in [0.1, 0.15) is 5.75 Å². The number of hydrogen-bond donors (Lipinski definition) is 1. The highest BCUT2D eigenvalue weighted by Crippen LogP contribution is 2.28. The largest absolute Gasteiger partial charge is 0.479 e. The summed E-state index contributed by atoms with van der Waals surface area (Å²) in [6.45, 7) is 1.67. The first-order valence-electron chi connectivity index (χ1n) is 8.03. The molecule has 1 aromatic carbocycles. The van der Waals surface area contributed by atoms with E-state index in [9.17, 15) is 4.79 Å². The number of nitrogens with zero attached hydrogens (tertiary/aromatic N) is 1. The van der Waals surface area contributed by atoms with Gasteiger partial charge in [0.15, 0.2) is 6.10 Å². The van der Waals surface area contributed by atoms with Gasteiger partial charge in [-0.1, -0.05) is 42.5 Å². The molecule has 1 atom stereocenters. The molecule has 1 aliphatic rings. The predicted molar refractivity (Wildman–Crippen MR) is 94.4 cm³/mol. The molecule has 23 heavy (non-hydrogen) atoms. The van der Waals surface area contributed by atoms with Crippen molar-refractivity contribution in [3.63, 3.8) is 0 Å². The van der Waals surface area contributed by atoms with Crippen LogP contribution >= 0.6 is 23.2 Å². The van der Waals surface area contributed by atoms with Gasteiger partial charge < -0.3 is 4.74 Å². The summed E-state index contributed by atoms with van der Waals surface area (Å²) in [5.74, 6) is 0.142. The van der Waals surface area contributed by atoms with Crippen LogP contribution in [-0.4, -0.2) is 17.7 Å². The Labute approximate surface area is 147 Å². The summed E-state index contributed by atoms with van der Waals surface area (Å²) in [4.78, 5) is 12.1. The van der Waals surface area contributed by atoms with Crippen LogP contribution in [0.5, 0.6) is 5.75 Å². The fourth-order valence-electron chi connectivity index (χ4n) is 2.47. The van der Waals surface area contributed by atoms with Crippen LogP contribution in [-0.2, 0) is 4.79 Å². The Kier molecular flexibility index (Phi) is 7.18. The van der Waals surface area contributed by atoms with Crippen LogP contribution in [0.25, 0.3) is 0 Å². The highest BCUT2D eigenvalue weighted by Gasteiger charge is 2.16. The van der Waals surface area contributed by atoms with Gasteiger partial charge in [-0.3, -0.25) is 4.79 Å². The molecular weight excluding hydrogens is 335 g/mol. The minimum Gasteiger partial charge on any atom is -0.479 e. The van der Waals surface area contributed by atoms with E-state index in [1.165, 1.54) is 19.3 Å². The third-order valence-electron chi connectivity index (χ3n) is 3.82. The van der Waals surface area contributed by atoms with Gasteiger partial charge in [0.2, 0.25) is 0 Å². The normalized spacial score (nSPS) is 16.9. The summed E-state index contributed by atoms with van der Waals surface area (Å²) in [5, 5.41) is 5.17. The second kappa shape index (κ2) is 9.14. The minimum atomic E-state index is -0.688. The van der Waals surface area contributed by atoms with Gasteiger partial charge in [-0.15, -0.1) is 0 Å². The molecule has 1 amide bonds. The highest BCUT2D eigenvalue weighted by atomic mass is 35.5. The van der Waals surface area contributed by atoms with E-state index >= 15 is 0 Å². The molecule has 1 aromatic rings. The van der Waals surface area contributed by atoms with Crippen molar-refractivity contribution in [3.05, 3.63) is 28.2 Å². The number of hydrazone groups is 1. The number of benzene rings is 1. The molecule has 1 saturated carbocycles. The molecule has 4 nitrogen and oxygen atoms in total. The van der Waals surface area contributed by atoms with E-state index in [1.54, 1.807) is 25.1 Å². The van der Waals surface area contributed by atoms with Crippen molar-refractivity contribution < 1.29 is 9.53 Å². The van der Waals surface area contributed by atoms with Crippen LogP contribution in [0.4, 0.5) is 0 Å². The van der Waals surface area contributed by atoms with Gasteiger partial charge in [-0.05, 0) is 50.8 Å². The summed E-state index contributed by atoms with van der Waals surface area (Å²) >= 11 is 11.9. The van der Waals surface area contributed by atoms with Gasteiger partial charge in [0.25, 0.3) is 5.91 Å². The summed E-state index contributed by atoms with van der Waals surface area (Å²) in [5.41, 5.74) is 3.67. The first kappa shape index (κ1) is 18.1. The molecule has 0 aliphatic heterocycles. The summed E-state index contributed by atoms with van der Waals surface area (Å²) < 4.78 is 5.57. The van der Waals surface area contributed by atoms with E-state index in [4.69, 9.17) is 27.9 Å². The zero-order valence-electron chi connectivity index (χ0n) is 13.3. The third kappa shape index (κ3) is 6.04.